The molecule has 0 aliphatic carbocycles. The Kier molecular flexibility index (Phi) is 6.42. The summed E-state index contributed by atoms with van der Waals surface area (Å²) in [5, 5.41) is 0. The largest absolute Gasteiger partial charge is 0.296 e. The quantitative estimate of drug-likeness (QED) is 0.810. The molecule has 0 aliphatic heterocycles. The second kappa shape index (κ2) is 7.82. The van der Waals surface area contributed by atoms with Gasteiger partial charge in [-0.3, -0.25) is 4.18 Å². The summed E-state index contributed by atoms with van der Waals surface area (Å²) in [6.45, 7) is 5.79. The van der Waals surface area contributed by atoms with E-state index in [2.05, 4.69) is 23.2 Å². The molecule has 108 valence electrons. The lowest BCUT2D eigenvalue weighted by atomic mass is 10.2. The van der Waals surface area contributed by atoms with Crippen LogP contribution in [0.1, 0.15) is 18.1 Å². The summed E-state index contributed by atoms with van der Waals surface area (Å²) in [5.41, 5.74) is 2.35. The van der Waals surface area contributed by atoms with Crippen molar-refractivity contribution in [1.82, 2.24) is 0 Å². The van der Waals surface area contributed by atoms with Gasteiger partial charge in [0.15, 0.2) is 0 Å². The minimum absolute atomic E-state index is 0.163. The van der Waals surface area contributed by atoms with Crippen molar-refractivity contribution in [3.05, 3.63) is 65.7 Å². The first-order valence-electron chi connectivity index (χ1n) is 6.43. The minimum Gasteiger partial charge on any atom is -0.267 e. The Morgan fingerprint density at radius 2 is 1.35 bits per heavy atom. The SMILES string of the molecule is CCOS(=O)(=O)c1ccc(C)cc1.Cc1ccccc1. The van der Waals surface area contributed by atoms with Crippen molar-refractivity contribution in [3.63, 3.8) is 0 Å². The second-order valence-corrected chi connectivity index (χ2v) is 5.94. The fraction of sp³-hybridized carbons (Fsp3) is 0.250. The lowest BCUT2D eigenvalue weighted by Gasteiger charge is -2.02. The van der Waals surface area contributed by atoms with E-state index in [-0.39, 0.29) is 11.5 Å². The van der Waals surface area contributed by atoms with Crippen LogP contribution in [0.2, 0.25) is 0 Å². The number of hydrogen-bond donors (Lipinski definition) is 0. The molecule has 0 saturated carbocycles. The summed E-state index contributed by atoms with van der Waals surface area (Å²) in [4.78, 5) is 0.208. The van der Waals surface area contributed by atoms with Crippen LogP contribution in [0.3, 0.4) is 0 Å². The third kappa shape index (κ3) is 5.55. The minimum atomic E-state index is -3.53. The molecule has 0 aromatic heterocycles. The summed E-state index contributed by atoms with van der Waals surface area (Å²) >= 11 is 0. The van der Waals surface area contributed by atoms with Gasteiger partial charge in [0.1, 0.15) is 0 Å². The monoisotopic (exact) mass is 292 g/mol. The highest BCUT2D eigenvalue weighted by atomic mass is 32.2. The molecule has 20 heavy (non-hydrogen) atoms. The van der Waals surface area contributed by atoms with Crippen molar-refractivity contribution in [3.8, 4) is 0 Å². The van der Waals surface area contributed by atoms with Crippen LogP contribution < -0.4 is 0 Å². The van der Waals surface area contributed by atoms with Crippen LogP contribution in [0.5, 0.6) is 0 Å². The van der Waals surface area contributed by atoms with Crippen molar-refractivity contribution in [2.45, 2.75) is 25.7 Å². The molecule has 4 heteroatoms. The predicted molar refractivity (Wildman–Crippen MR) is 81.2 cm³/mol. The molecule has 3 nitrogen and oxygen atoms in total. The van der Waals surface area contributed by atoms with E-state index in [9.17, 15) is 8.42 Å². The molecule has 2 rings (SSSR count). The topological polar surface area (TPSA) is 43.4 Å². The zero-order chi connectivity index (χ0) is 15.0. The molecule has 0 amide bonds. The van der Waals surface area contributed by atoms with Gasteiger partial charge in [0.05, 0.1) is 11.5 Å². The van der Waals surface area contributed by atoms with Gasteiger partial charge in [-0.1, -0.05) is 53.6 Å². The second-order valence-electron chi connectivity index (χ2n) is 4.33. The Labute approximate surface area is 121 Å². The van der Waals surface area contributed by atoms with Crippen LogP contribution in [-0.2, 0) is 14.3 Å². The van der Waals surface area contributed by atoms with Gasteiger partial charge >= 0.3 is 0 Å². The number of benzene rings is 2. The predicted octanol–water partition coefficient (Wildman–Crippen LogP) is 3.72. The summed E-state index contributed by atoms with van der Waals surface area (Å²) < 4.78 is 27.3. The number of hydrogen-bond acceptors (Lipinski definition) is 3. The molecule has 2 aromatic rings. The molecule has 0 bridgehead atoms. The van der Waals surface area contributed by atoms with Crippen LogP contribution in [0.4, 0.5) is 0 Å². The molecule has 0 heterocycles. The van der Waals surface area contributed by atoms with Gasteiger partial charge in [0, 0.05) is 0 Å². The van der Waals surface area contributed by atoms with Crippen molar-refractivity contribution in [1.29, 1.82) is 0 Å². The summed E-state index contributed by atoms with van der Waals surface area (Å²) in [5.74, 6) is 0. The van der Waals surface area contributed by atoms with Gasteiger partial charge in [-0.25, -0.2) is 0 Å². The molecule has 0 spiro atoms. The molecule has 2 aromatic carbocycles. The van der Waals surface area contributed by atoms with Gasteiger partial charge in [-0.15, -0.1) is 0 Å². The van der Waals surface area contributed by atoms with E-state index >= 15 is 0 Å². The van der Waals surface area contributed by atoms with Gasteiger partial charge < -0.3 is 0 Å². The van der Waals surface area contributed by atoms with Crippen molar-refractivity contribution in [2.24, 2.45) is 0 Å². The molecule has 0 N–H and O–H groups in total. The fourth-order valence-corrected chi connectivity index (χ4v) is 2.38. The Balaban J connectivity index is 0.000000240. The maximum Gasteiger partial charge on any atom is 0.296 e. The number of rotatable bonds is 3. The van der Waals surface area contributed by atoms with Crippen molar-refractivity contribution in [2.75, 3.05) is 6.61 Å². The highest BCUT2D eigenvalue weighted by molar-refractivity contribution is 7.86. The Morgan fingerprint density at radius 1 is 0.850 bits per heavy atom. The Morgan fingerprint density at radius 3 is 1.75 bits per heavy atom. The zero-order valence-electron chi connectivity index (χ0n) is 12.0. The average Bonchev–Trinajstić information content (AvgIpc) is 2.41. The van der Waals surface area contributed by atoms with Crippen LogP contribution in [-0.4, -0.2) is 15.0 Å². The standard InChI is InChI=1S/C9H12O3S.C7H8/c1-3-12-13(10,11)9-6-4-8(2)5-7-9;1-7-5-3-2-4-6-7/h4-7H,3H2,1-2H3;2-6H,1H3. The Hall–Kier alpha value is -1.65. The molecule has 0 radical (unpaired) electrons. The van der Waals surface area contributed by atoms with Gasteiger partial charge in [0.25, 0.3) is 10.1 Å². The van der Waals surface area contributed by atoms with E-state index < -0.39 is 10.1 Å². The lowest BCUT2D eigenvalue weighted by molar-refractivity contribution is 0.338. The van der Waals surface area contributed by atoms with E-state index in [0.717, 1.165) is 5.56 Å². The lowest BCUT2D eigenvalue weighted by Crippen LogP contribution is -2.05. The Bertz CT molecular complexity index is 602. The third-order valence-electron chi connectivity index (χ3n) is 2.52. The molecular formula is C16H20O3S. The van der Waals surface area contributed by atoms with E-state index in [1.807, 2.05) is 25.1 Å². The summed E-state index contributed by atoms with van der Waals surface area (Å²) in [7, 11) is -3.53. The van der Waals surface area contributed by atoms with E-state index in [1.54, 1.807) is 31.2 Å². The zero-order valence-corrected chi connectivity index (χ0v) is 12.9. The molecule has 0 saturated heterocycles. The highest BCUT2D eigenvalue weighted by Gasteiger charge is 2.12. The highest BCUT2D eigenvalue weighted by Crippen LogP contribution is 2.12. The van der Waals surface area contributed by atoms with Crippen LogP contribution in [0.15, 0.2) is 59.5 Å². The third-order valence-corrected chi connectivity index (χ3v) is 3.92. The van der Waals surface area contributed by atoms with Gasteiger partial charge in [0.2, 0.25) is 0 Å². The smallest absolute Gasteiger partial charge is 0.267 e. The first-order chi connectivity index (χ1) is 9.45. The van der Waals surface area contributed by atoms with Crippen molar-refractivity contribution < 1.29 is 12.6 Å². The van der Waals surface area contributed by atoms with E-state index in [1.165, 1.54) is 5.56 Å². The fourth-order valence-electron chi connectivity index (χ4n) is 1.46. The van der Waals surface area contributed by atoms with Crippen LogP contribution >= 0.6 is 0 Å². The average molecular weight is 292 g/mol. The van der Waals surface area contributed by atoms with Gasteiger partial charge in [-0.05, 0) is 32.9 Å². The normalized spacial score (nSPS) is 10.6. The van der Waals surface area contributed by atoms with Crippen molar-refractivity contribution >= 4 is 10.1 Å². The molecular weight excluding hydrogens is 272 g/mol. The summed E-state index contributed by atoms with van der Waals surface area (Å²) in [6.07, 6.45) is 0. The first kappa shape index (κ1) is 16.4. The molecule has 0 aliphatic rings. The van der Waals surface area contributed by atoms with Crippen LogP contribution in [0.25, 0.3) is 0 Å². The van der Waals surface area contributed by atoms with E-state index in [0.29, 0.717) is 0 Å². The molecule has 0 fully saturated rings. The first-order valence-corrected chi connectivity index (χ1v) is 7.84. The number of aryl methyl sites for hydroxylation is 2. The molecule has 0 unspecified atom stereocenters. The van der Waals surface area contributed by atoms with Gasteiger partial charge in [-0.2, -0.15) is 8.42 Å². The molecule has 0 atom stereocenters. The van der Waals surface area contributed by atoms with E-state index in [4.69, 9.17) is 0 Å². The van der Waals surface area contributed by atoms with Crippen LogP contribution in [0, 0.1) is 13.8 Å². The summed E-state index contributed by atoms with van der Waals surface area (Å²) in [6, 6.07) is 16.8. The maximum absolute atomic E-state index is 11.3. The maximum atomic E-state index is 11.3.